The number of nitrogens with zero attached hydrogens (tertiary/aromatic N) is 1. The third kappa shape index (κ3) is 7.46. The Balaban J connectivity index is 2.46. The lowest BCUT2D eigenvalue weighted by Crippen LogP contribution is -2.34. The van der Waals surface area contributed by atoms with Crippen LogP contribution in [-0.2, 0) is 20.7 Å². The molecule has 1 N–H and O–H groups in total. The Labute approximate surface area is 125 Å². The largest absolute Gasteiger partial charge is 0.481 e. The molecular weight excluding hydrogens is 270 g/mol. The summed E-state index contributed by atoms with van der Waals surface area (Å²) in [6.45, 7) is 1.36. The molecule has 116 valence electrons. The zero-order valence-electron chi connectivity index (χ0n) is 12.5. The number of carboxylic acids is 1. The fraction of sp³-hybridized carbons (Fsp3) is 0.500. The summed E-state index contributed by atoms with van der Waals surface area (Å²) in [6.07, 6.45) is 1.77. The molecule has 0 saturated carbocycles. The summed E-state index contributed by atoms with van der Waals surface area (Å²) < 4.78 is 4.97. The molecule has 5 heteroatoms. The van der Waals surface area contributed by atoms with E-state index in [0.29, 0.717) is 32.4 Å². The van der Waals surface area contributed by atoms with Crippen LogP contribution in [0.4, 0.5) is 0 Å². The fourth-order valence-electron chi connectivity index (χ4n) is 2.05. The molecule has 0 unspecified atom stereocenters. The van der Waals surface area contributed by atoms with Gasteiger partial charge in [0.15, 0.2) is 0 Å². The number of carbonyl (C=O) groups excluding carboxylic acids is 1. The van der Waals surface area contributed by atoms with Gasteiger partial charge in [-0.05, 0) is 18.4 Å². The SMILES string of the molecule is COCCCN(CCC(=O)O)C(=O)CCc1ccccc1. The zero-order valence-corrected chi connectivity index (χ0v) is 12.5. The average Bonchev–Trinajstić information content (AvgIpc) is 2.49. The lowest BCUT2D eigenvalue weighted by molar-refractivity contribution is -0.138. The van der Waals surface area contributed by atoms with E-state index in [4.69, 9.17) is 9.84 Å². The minimum absolute atomic E-state index is 0.00351. The van der Waals surface area contributed by atoms with Crippen LogP contribution in [0.25, 0.3) is 0 Å². The number of carbonyl (C=O) groups is 2. The fourth-order valence-corrected chi connectivity index (χ4v) is 2.05. The summed E-state index contributed by atoms with van der Waals surface area (Å²) in [4.78, 5) is 24.5. The summed E-state index contributed by atoms with van der Waals surface area (Å²) in [5, 5.41) is 8.76. The van der Waals surface area contributed by atoms with Crippen LogP contribution in [-0.4, -0.2) is 48.7 Å². The summed E-state index contributed by atoms with van der Waals surface area (Å²) in [5.74, 6) is -0.890. The first-order valence-electron chi connectivity index (χ1n) is 7.16. The van der Waals surface area contributed by atoms with Crippen LogP contribution >= 0.6 is 0 Å². The molecule has 0 fully saturated rings. The number of carboxylic acid groups (broad SMARTS) is 1. The van der Waals surface area contributed by atoms with E-state index in [1.54, 1.807) is 12.0 Å². The van der Waals surface area contributed by atoms with Crippen molar-refractivity contribution >= 4 is 11.9 Å². The molecule has 1 aromatic carbocycles. The molecule has 0 spiro atoms. The number of methoxy groups -OCH3 is 1. The molecule has 0 heterocycles. The number of ether oxygens (including phenoxy) is 1. The Kier molecular flexibility index (Phi) is 8.12. The van der Waals surface area contributed by atoms with Gasteiger partial charge in [0, 0.05) is 33.2 Å². The van der Waals surface area contributed by atoms with E-state index in [-0.39, 0.29) is 18.9 Å². The molecule has 0 aliphatic rings. The maximum absolute atomic E-state index is 12.2. The van der Waals surface area contributed by atoms with E-state index < -0.39 is 5.97 Å². The normalized spacial score (nSPS) is 10.3. The van der Waals surface area contributed by atoms with Gasteiger partial charge in [-0.2, -0.15) is 0 Å². The molecule has 0 bridgehead atoms. The van der Waals surface area contributed by atoms with Gasteiger partial charge in [-0.25, -0.2) is 0 Å². The molecule has 0 aliphatic heterocycles. The Morgan fingerprint density at radius 1 is 1.14 bits per heavy atom. The van der Waals surface area contributed by atoms with Crippen molar-refractivity contribution in [1.82, 2.24) is 4.90 Å². The number of rotatable bonds is 10. The highest BCUT2D eigenvalue weighted by molar-refractivity contribution is 5.77. The van der Waals surface area contributed by atoms with Gasteiger partial charge in [-0.1, -0.05) is 30.3 Å². The van der Waals surface area contributed by atoms with Crippen molar-refractivity contribution < 1.29 is 19.4 Å². The molecule has 1 aromatic rings. The van der Waals surface area contributed by atoms with E-state index >= 15 is 0 Å². The Morgan fingerprint density at radius 2 is 1.86 bits per heavy atom. The standard InChI is InChI=1S/C16H23NO4/c1-21-13-5-11-17(12-10-16(19)20)15(18)9-8-14-6-3-2-4-7-14/h2-4,6-7H,5,8-13H2,1H3,(H,19,20). The van der Waals surface area contributed by atoms with Crippen molar-refractivity contribution in [2.24, 2.45) is 0 Å². The van der Waals surface area contributed by atoms with Gasteiger partial charge in [0.2, 0.25) is 5.91 Å². The van der Waals surface area contributed by atoms with Gasteiger partial charge in [0.1, 0.15) is 0 Å². The molecule has 21 heavy (non-hydrogen) atoms. The Bertz CT molecular complexity index is 433. The van der Waals surface area contributed by atoms with Crippen molar-refractivity contribution in [3.05, 3.63) is 35.9 Å². The molecule has 0 saturated heterocycles. The van der Waals surface area contributed by atoms with Crippen molar-refractivity contribution in [3.8, 4) is 0 Å². The van der Waals surface area contributed by atoms with Crippen LogP contribution in [0.5, 0.6) is 0 Å². The first kappa shape index (κ1) is 17.2. The van der Waals surface area contributed by atoms with Crippen LogP contribution in [0.3, 0.4) is 0 Å². The number of hydrogen-bond donors (Lipinski definition) is 1. The molecule has 0 atom stereocenters. The van der Waals surface area contributed by atoms with Gasteiger partial charge < -0.3 is 14.7 Å². The maximum atomic E-state index is 12.2. The summed E-state index contributed by atoms with van der Waals surface area (Å²) in [6, 6.07) is 9.80. The summed E-state index contributed by atoms with van der Waals surface area (Å²) >= 11 is 0. The third-order valence-electron chi connectivity index (χ3n) is 3.20. The number of hydrogen-bond acceptors (Lipinski definition) is 3. The van der Waals surface area contributed by atoms with Crippen LogP contribution < -0.4 is 0 Å². The van der Waals surface area contributed by atoms with Gasteiger partial charge in [0.05, 0.1) is 6.42 Å². The second-order valence-corrected chi connectivity index (χ2v) is 4.86. The number of aryl methyl sites for hydroxylation is 1. The van der Waals surface area contributed by atoms with E-state index in [2.05, 4.69) is 0 Å². The second kappa shape index (κ2) is 9.94. The van der Waals surface area contributed by atoms with Gasteiger partial charge in [-0.15, -0.1) is 0 Å². The maximum Gasteiger partial charge on any atom is 0.305 e. The van der Waals surface area contributed by atoms with Crippen LogP contribution in [0.15, 0.2) is 30.3 Å². The number of aliphatic carboxylic acids is 1. The smallest absolute Gasteiger partial charge is 0.305 e. The van der Waals surface area contributed by atoms with Crippen molar-refractivity contribution in [2.75, 3.05) is 26.8 Å². The van der Waals surface area contributed by atoms with Gasteiger partial charge in [0.25, 0.3) is 0 Å². The predicted molar refractivity (Wildman–Crippen MR) is 80.1 cm³/mol. The van der Waals surface area contributed by atoms with E-state index in [0.717, 1.165) is 5.56 Å². The molecule has 0 radical (unpaired) electrons. The van der Waals surface area contributed by atoms with Gasteiger partial charge in [-0.3, -0.25) is 9.59 Å². The predicted octanol–water partition coefficient (Wildman–Crippen LogP) is 1.96. The minimum atomic E-state index is -0.886. The van der Waals surface area contributed by atoms with Crippen LogP contribution in [0.1, 0.15) is 24.8 Å². The van der Waals surface area contributed by atoms with Crippen LogP contribution in [0, 0.1) is 0 Å². The molecule has 5 nitrogen and oxygen atoms in total. The molecule has 0 aliphatic carbocycles. The number of amides is 1. The van der Waals surface area contributed by atoms with E-state index in [1.807, 2.05) is 30.3 Å². The quantitative estimate of drug-likeness (QED) is 0.670. The van der Waals surface area contributed by atoms with Gasteiger partial charge >= 0.3 is 5.97 Å². The zero-order chi connectivity index (χ0) is 15.5. The highest BCUT2D eigenvalue weighted by atomic mass is 16.5. The van der Waals surface area contributed by atoms with E-state index in [1.165, 1.54) is 0 Å². The molecule has 1 amide bonds. The van der Waals surface area contributed by atoms with Crippen molar-refractivity contribution in [3.63, 3.8) is 0 Å². The van der Waals surface area contributed by atoms with Crippen LogP contribution in [0.2, 0.25) is 0 Å². The summed E-state index contributed by atoms with van der Waals surface area (Å²) in [5.41, 5.74) is 1.11. The highest BCUT2D eigenvalue weighted by Crippen LogP contribution is 2.06. The Hall–Kier alpha value is -1.88. The highest BCUT2D eigenvalue weighted by Gasteiger charge is 2.14. The first-order valence-corrected chi connectivity index (χ1v) is 7.16. The lowest BCUT2D eigenvalue weighted by Gasteiger charge is -2.22. The third-order valence-corrected chi connectivity index (χ3v) is 3.20. The monoisotopic (exact) mass is 293 g/mol. The lowest BCUT2D eigenvalue weighted by atomic mass is 10.1. The van der Waals surface area contributed by atoms with Crippen molar-refractivity contribution in [1.29, 1.82) is 0 Å². The molecule has 1 rings (SSSR count). The van der Waals surface area contributed by atoms with Crippen molar-refractivity contribution in [2.45, 2.75) is 25.7 Å². The summed E-state index contributed by atoms with van der Waals surface area (Å²) in [7, 11) is 1.61. The second-order valence-electron chi connectivity index (χ2n) is 4.86. The number of benzene rings is 1. The Morgan fingerprint density at radius 3 is 2.48 bits per heavy atom. The molecular formula is C16H23NO4. The average molecular weight is 293 g/mol. The minimum Gasteiger partial charge on any atom is -0.481 e. The van der Waals surface area contributed by atoms with E-state index in [9.17, 15) is 9.59 Å². The topological polar surface area (TPSA) is 66.8 Å². The molecule has 0 aromatic heterocycles. The first-order chi connectivity index (χ1) is 10.1.